The molecule has 0 aromatic heterocycles. The maximum absolute atomic E-state index is 5.53. The maximum Gasteiger partial charge on any atom is 0.0509 e. The Balaban J connectivity index is 2.13. The van der Waals surface area contributed by atoms with Gasteiger partial charge in [-0.05, 0) is 38.8 Å². The van der Waals surface area contributed by atoms with Crippen molar-refractivity contribution in [2.75, 3.05) is 26.8 Å². The molecule has 2 aliphatic rings. The fraction of sp³-hybridized carbons (Fsp3) is 1.00. The van der Waals surface area contributed by atoms with E-state index in [4.69, 9.17) is 4.74 Å². The second kappa shape index (κ2) is 3.58. The van der Waals surface area contributed by atoms with Crippen LogP contribution in [-0.4, -0.2) is 37.2 Å². The van der Waals surface area contributed by atoms with E-state index in [1.54, 1.807) is 0 Å². The molecular formula is C11H21NO. The molecular weight excluding hydrogens is 162 g/mol. The summed E-state index contributed by atoms with van der Waals surface area (Å²) in [5, 5.41) is 0. The Labute approximate surface area is 81.3 Å². The molecule has 2 saturated heterocycles. The lowest BCUT2D eigenvalue weighted by atomic mass is 9.74. The van der Waals surface area contributed by atoms with Crippen molar-refractivity contribution in [2.24, 2.45) is 5.92 Å². The van der Waals surface area contributed by atoms with Crippen LogP contribution in [-0.2, 0) is 4.74 Å². The van der Waals surface area contributed by atoms with Crippen LogP contribution in [0.2, 0.25) is 0 Å². The van der Waals surface area contributed by atoms with Gasteiger partial charge in [0.25, 0.3) is 0 Å². The smallest absolute Gasteiger partial charge is 0.0509 e. The molecule has 2 heteroatoms. The molecule has 0 N–H and O–H groups in total. The van der Waals surface area contributed by atoms with Crippen molar-refractivity contribution in [1.29, 1.82) is 0 Å². The van der Waals surface area contributed by atoms with E-state index in [0.29, 0.717) is 11.5 Å². The predicted octanol–water partition coefficient (Wildman–Crippen LogP) is 1.90. The molecule has 2 atom stereocenters. The second-order valence-electron chi connectivity index (χ2n) is 4.71. The van der Waals surface area contributed by atoms with Crippen LogP contribution < -0.4 is 0 Å². The first kappa shape index (κ1) is 9.47. The van der Waals surface area contributed by atoms with E-state index in [0.717, 1.165) is 13.2 Å². The third-order valence-electron chi connectivity index (χ3n) is 4.08. The standard InChI is InChI=1S/C11H21NO/c1-10-9-13-8-6-11(10)5-3-4-7-12(11)2/h10H,3-9H2,1-2H3/t10-,11+/m0/s1. The summed E-state index contributed by atoms with van der Waals surface area (Å²) in [6, 6.07) is 0. The molecule has 0 unspecified atom stereocenters. The van der Waals surface area contributed by atoms with E-state index < -0.39 is 0 Å². The summed E-state index contributed by atoms with van der Waals surface area (Å²) in [6.45, 7) is 5.56. The lowest BCUT2D eigenvalue weighted by Crippen LogP contribution is -2.57. The molecule has 2 aliphatic heterocycles. The summed E-state index contributed by atoms with van der Waals surface area (Å²) in [5.41, 5.74) is 0.483. The number of hydrogen-bond donors (Lipinski definition) is 0. The van der Waals surface area contributed by atoms with Gasteiger partial charge in [0.2, 0.25) is 0 Å². The average Bonchev–Trinajstić information content (AvgIpc) is 2.15. The fourth-order valence-electron chi connectivity index (χ4n) is 3.04. The van der Waals surface area contributed by atoms with Gasteiger partial charge in [0.15, 0.2) is 0 Å². The zero-order chi connectivity index (χ0) is 9.31. The van der Waals surface area contributed by atoms with Crippen LogP contribution in [0.15, 0.2) is 0 Å². The normalized spacial score (nSPS) is 42.5. The number of nitrogens with zero attached hydrogens (tertiary/aromatic N) is 1. The number of piperidine rings is 1. The van der Waals surface area contributed by atoms with Gasteiger partial charge in [-0.2, -0.15) is 0 Å². The molecule has 76 valence electrons. The van der Waals surface area contributed by atoms with Crippen molar-refractivity contribution < 1.29 is 4.74 Å². The summed E-state index contributed by atoms with van der Waals surface area (Å²) < 4.78 is 5.53. The molecule has 2 heterocycles. The summed E-state index contributed by atoms with van der Waals surface area (Å²) in [7, 11) is 2.29. The van der Waals surface area contributed by atoms with Crippen molar-refractivity contribution >= 4 is 0 Å². The third-order valence-corrected chi connectivity index (χ3v) is 4.08. The first-order valence-electron chi connectivity index (χ1n) is 5.55. The van der Waals surface area contributed by atoms with E-state index >= 15 is 0 Å². The summed E-state index contributed by atoms with van der Waals surface area (Å²) in [6.07, 6.45) is 5.42. The zero-order valence-corrected chi connectivity index (χ0v) is 8.88. The molecule has 0 radical (unpaired) electrons. The average molecular weight is 183 g/mol. The van der Waals surface area contributed by atoms with E-state index in [9.17, 15) is 0 Å². The molecule has 0 aromatic carbocycles. The van der Waals surface area contributed by atoms with Crippen molar-refractivity contribution in [2.45, 2.75) is 38.1 Å². The Bertz CT molecular complexity index is 161. The van der Waals surface area contributed by atoms with E-state index in [2.05, 4.69) is 18.9 Å². The highest BCUT2D eigenvalue weighted by atomic mass is 16.5. The van der Waals surface area contributed by atoms with Gasteiger partial charge in [0, 0.05) is 12.1 Å². The summed E-state index contributed by atoms with van der Waals surface area (Å²) in [4.78, 5) is 2.59. The van der Waals surface area contributed by atoms with Crippen LogP contribution >= 0.6 is 0 Å². The van der Waals surface area contributed by atoms with Crippen molar-refractivity contribution in [3.05, 3.63) is 0 Å². The highest BCUT2D eigenvalue weighted by Crippen LogP contribution is 2.39. The van der Waals surface area contributed by atoms with E-state index in [1.807, 2.05) is 0 Å². The zero-order valence-electron chi connectivity index (χ0n) is 8.88. The van der Waals surface area contributed by atoms with Gasteiger partial charge >= 0.3 is 0 Å². The van der Waals surface area contributed by atoms with Crippen molar-refractivity contribution in [1.82, 2.24) is 4.90 Å². The quantitative estimate of drug-likeness (QED) is 0.568. The summed E-state index contributed by atoms with van der Waals surface area (Å²) in [5.74, 6) is 0.714. The van der Waals surface area contributed by atoms with E-state index in [-0.39, 0.29) is 0 Å². The minimum Gasteiger partial charge on any atom is -0.381 e. The molecule has 13 heavy (non-hydrogen) atoms. The highest BCUT2D eigenvalue weighted by Gasteiger charge is 2.42. The molecule has 0 bridgehead atoms. The largest absolute Gasteiger partial charge is 0.381 e. The van der Waals surface area contributed by atoms with Crippen LogP contribution in [0.25, 0.3) is 0 Å². The van der Waals surface area contributed by atoms with Gasteiger partial charge in [0.1, 0.15) is 0 Å². The third kappa shape index (κ3) is 1.50. The molecule has 1 spiro atoms. The monoisotopic (exact) mass is 183 g/mol. The van der Waals surface area contributed by atoms with Crippen LogP contribution in [0.3, 0.4) is 0 Å². The van der Waals surface area contributed by atoms with Gasteiger partial charge in [-0.25, -0.2) is 0 Å². The Hall–Kier alpha value is -0.0800. The maximum atomic E-state index is 5.53. The molecule has 2 rings (SSSR count). The van der Waals surface area contributed by atoms with Crippen LogP contribution in [0.4, 0.5) is 0 Å². The molecule has 2 fully saturated rings. The molecule has 0 saturated carbocycles. The number of rotatable bonds is 0. The van der Waals surface area contributed by atoms with Crippen molar-refractivity contribution in [3.63, 3.8) is 0 Å². The molecule has 0 amide bonds. The fourth-order valence-corrected chi connectivity index (χ4v) is 3.04. The lowest BCUT2D eigenvalue weighted by Gasteiger charge is -2.51. The van der Waals surface area contributed by atoms with Crippen LogP contribution in [0.1, 0.15) is 32.6 Å². The lowest BCUT2D eigenvalue weighted by molar-refractivity contribution is -0.0779. The van der Waals surface area contributed by atoms with Gasteiger partial charge in [-0.3, -0.25) is 0 Å². The SMILES string of the molecule is C[C@H]1COCC[C@]12CCCCN2C. The topological polar surface area (TPSA) is 12.5 Å². The summed E-state index contributed by atoms with van der Waals surface area (Å²) >= 11 is 0. The number of ether oxygens (including phenoxy) is 1. The van der Waals surface area contributed by atoms with E-state index in [1.165, 1.54) is 32.2 Å². The predicted molar refractivity (Wildman–Crippen MR) is 53.8 cm³/mol. The van der Waals surface area contributed by atoms with Crippen molar-refractivity contribution in [3.8, 4) is 0 Å². The van der Waals surface area contributed by atoms with Gasteiger partial charge in [0.05, 0.1) is 6.61 Å². The molecule has 0 aromatic rings. The van der Waals surface area contributed by atoms with Gasteiger partial charge < -0.3 is 9.64 Å². The minimum absolute atomic E-state index is 0.483. The highest BCUT2D eigenvalue weighted by molar-refractivity contribution is 4.97. The van der Waals surface area contributed by atoms with Crippen LogP contribution in [0.5, 0.6) is 0 Å². The van der Waals surface area contributed by atoms with Gasteiger partial charge in [-0.15, -0.1) is 0 Å². The Kier molecular flexibility index (Phi) is 2.61. The Morgan fingerprint density at radius 1 is 1.31 bits per heavy atom. The first-order chi connectivity index (χ1) is 6.26. The Morgan fingerprint density at radius 2 is 2.15 bits per heavy atom. The van der Waals surface area contributed by atoms with Gasteiger partial charge in [-0.1, -0.05) is 13.3 Å². The molecule has 0 aliphatic carbocycles. The number of hydrogen-bond acceptors (Lipinski definition) is 2. The minimum atomic E-state index is 0.483. The first-order valence-corrected chi connectivity index (χ1v) is 5.55. The second-order valence-corrected chi connectivity index (χ2v) is 4.71. The molecule has 2 nitrogen and oxygen atoms in total. The number of likely N-dealkylation sites (tertiary alicyclic amines) is 1. The Morgan fingerprint density at radius 3 is 2.85 bits per heavy atom. The van der Waals surface area contributed by atoms with Crippen LogP contribution in [0, 0.1) is 5.92 Å².